The van der Waals surface area contributed by atoms with E-state index in [1.54, 1.807) is 6.20 Å². The Morgan fingerprint density at radius 3 is 3.00 bits per heavy atom. The number of aromatic nitrogens is 1. The van der Waals surface area contributed by atoms with Gasteiger partial charge < -0.3 is 10.6 Å². The van der Waals surface area contributed by atoms with Crippen molar-refractivity contribution < 1.29 is 0 Å². The van der Waals surface area contributed by atoms with Gasteiger partial charge in [-0.2, -0.15) is 0 Å². The first-order chi connectivity index (χ1) is 6.11. The van der Waals surface area contributed by atoms with E-state index < -0.39 is 0 Å². The summed E-state index contributed by atoms with van der Waals surface area (Å²) in [5.41, 5.74) is 6.73. The van der Waals surface area contributed by atoms with Crippen molar-refractivity contribution in [1.29, 1.82) is 0 Å². The molecule has 1 aromatic rings. The maximum absolute atomic E-state index is 5.70. The first-order valence-corrected chi connectivity index (χ1v) is 4.94. The number of nitrogens with zero attached hydrogens (tertiary/aromatic N) is 2. The first-order valence-electron chi connectivity index (χ1n) is 3.86. The number of rotatable bonds is 3. The summed E-state index contributed by atoms with van der Waals surface area (Å²) in [6, 6.07) is 3.86. The third-order valence-corrected chi connectivity index (χ3v) is 2.57. The van der Waals surface area contributed by atoms with Gasteiger partial charge in [0.1, 0.15) is 5.82 Å². The number of nitrogens with two attached hydrogens (primary N) is 1. The number of halogens is 1. The Hall–Kier alpha value is -0.780. The zero-order chi connectivity index (χ0) is 9.84. The largest absolute Gasteiger partial charge is 0.383 e. The van der Waals surface area contributed by atoms with Crippen LogP contribution in [0.4, 0.5) is 5.82 Å². The van der Waals surface area contributed by atoms with Gasteiger partial charge in [-0.15, -0.1) is 0 Å². The minimum absolute atomic E-state index is 0.590. The molecule has 2 N–H and O–H groups in total. The van der Waals surface area contributed by atoms with Crippen molar-refractivity contribution in [3.8, 4) is 0 Å². The second kappa shape index (κ2) is 4.45. The van der Waals surface area contributed by atoms with E-state index in [0.29, 0.717) is 5.82 Å². The molecule has 1 heterocycles. The van der Waals surface area contributed by atoms with E-state index in [2.05, 4.69) is 34.2 Å². The Morgan fingerprint density at radius 1 is 1.77 bits per heavy atom. The highest BCUT2D eigenvalue weighted by Gasteiger charge is 2.03. The summed E-state index contributed by atoms with van der Waals surface area (Å²) in [5, 5.41) is 0. The summed E-state index contributed by atoms with van der Waals surface area (Å²) in [5.74, 6) is 0.590. The van der Waals surface area contributed by atoms with Gasteiger partial charge >= 0.3 is 0 Å². The monoisotopic (exact) mass is 289 g/mol. The smallest absolute Gasteiger partial charge is 0.128 e. The lowest BCUT2D eigenvalue weighted by Gasteiger charge is -2.17. The zero-order valence-corrected chi connectivity index (χ0v) is 9.65. The normalized spacial score (nSPS) is 9.69. The Bertz CT molecular complexity index is 311. The fraction of sp³-hybridized carbons (Fsp3) is 0.222. The van der Waals surface area contributed by atoms with Crippen molar-refractivity contribution in [2.45, 2.75) is 6.54 Å². The Kier molecular flexibility index (Phi) is 3.53. The van der Waals surface area contributed by atoms with E-state index in [4.69, 9.17) is 5.73 Å². The average molecular weight is 289 g/mol. The molecular weight excluding hydrogens is 277 g/mol. The van der Waals surface area contributed by atoms with Crippen LogP contribution >= 0.6 is 22.6 Å². The van der Waals surface area contributed by atoms with Crippen LogP contribution in [0.2, 0.25) is 0 Å². The molecule has 0 bridgehead atoms. The number of nitrogen functional groups attached to an aromatic ring is 1. The molecule has 4 heteroatoms. The van der Waals surface area contributed by atoms with Crippen molar-refractivity contribution >= 4 is 28.4 Å². The highest BCUT2D eigenvalue weighted by molar-refractivity contribution is 14.1. The molecule has 0 spiro atoms. The molecule has 13 heavy (non-hydrogen) atoms. The van der Waals surface area contributed by atoms with Gasteiger partial charge in [0, 0.05) is 25.4 Å². The third-order valence-electron chi connectivity index (χ3n) is 1.75. The molecule has 0 atom stereocenters. The molecule has 70 valence electrons. The Balaban J connectivity index is 2.74. The Labute approximate surface area is 91.8 Å². The standard InChI is InChI=1S/C9H12IN3/c1-7(10)13(2)6-8-4-3-5-12-9(8)11/h3-5H,1,6H2,2H3,(H2,11,12). The minimum atomic E-state index is 0.590. The summed E-state index contributed by atoms with van der Waals surface area (Å²) >= 11 is 2.18. The molecule has 0 fully saturated rings. The van der Waals surface area contributed by atoms with Crippen molar-refractivity contribution in [1.82, 2.24) is 9.88 Å². The van der Waals surface area contributed by atoms with E-state index >= 15 is 0 Å². The van der Waals surface area contributed by atoms with Crippen LogP contribution in [0.3, 0.4) is 0 Å². The van der Waals surface area contributed by atoms with Gasteiger partial charge in [-0.05, 0) is 28.7 Å². The van der Waals surface area contributed by atoms with Crippen LogP contribution in [-0.2, 0) is 6.54 Å². The van der Waals surface area contributed by atoms with E-state index in [1.165, 1.54) is 0 Å². The molecule has 1 rings (SSSR count). The second-order valence-corrected chi connectivity index (χ2v) is 4.03. The quantitative estimate of drug-likeness (QED) is 0.683. The van der Waals surface area contributed by atoms with Gasteiger partial charge in [-0.1, -0.05) is 12.6 Å². The van der Waals surface area contributed by atoms with Gasteiger partial charge in [-0.3, -0.25) is 0 Å². The Morgan fingerprint density at radius 2 is 2.46 bits per heavy atom. The molecule has 0 aliphatic rings. The molecule has 0 amide bonds. The van der Waals surface area contributed by atoms with Crippen LogP contribution in [0.5, 0.6) is 0 Å². The van der Waals surface area contributed by atoms with Gasteiger partial charge in [0.05, 0.1) is 3.70 Å². The van der Waals surface area contributed by atoms with Crippen LogP contribution < -0.4 is 5.73 Å². The average Bonchev–Trinajstić information content (AvgIpc) is 2.08. The predicted octanol–water partition coefficient (Wildman–Crippen LogP) is 2.00. The van der Waals surface area contributed by atoms with Crippen LogP contribution in [0, 0.1) is 0 Å². The summed E-state index contributed by atoms with van der Waals surface area (Å²) in [7, 11) is 1.97. The molecule has 3 nitrogen and oxygen atoms in total. The van der Waals surface area contributed by atoms with Crippen LogP contribution in [0.1, 0.15) is 5.56 Å². The third kappa shape index (κ3) is 2.87. The van der Waals surface area contributed by atoms with E-state index in [1.807, 2.05) is 24.1 Å². The van der Waals surface area contributed by atoms with E-state index in [0.717, 1.165) is 15.8 Å². The second-order valence-electron chi connectivity index (χ2n) is 2.78. The van der Waals surface area contributed by atoms with Crippen molar-refractivity contribution in [3.63, 3.8) is 0 Å². The lowest BCUT2D eigenvalue weighted by Crippen LogP contribution is -2.14. The van der Waals surface area contributed by atoms with Crippen molar-refractivity contribution in [2.75, 3.05) is 12.8 Å². The SMILES string of the molecule is C=C(I)N(C)Cc1cccnc1N. The van der Waals surface area contributed by atoms with Crippen molar-refractivity contribution in [3.05, 3.63) is 34.2 Å². The van der Waals surface area contributed by atoms with Crippen LogP contribution in [0.25, 0.3) is 0 Å². The molecular formula is C9H12IN3. The maximum Gasteiger partial charge on any atom is 0.128 e. The highest BCUT2D eigenvalue weighted by atomic mass is 127. The van der Waals surface area contributed by atoms with E-state index in [9.17, 15) is 0 Å². The highest BCUT2D eigenvalue weighted by Crippen LogP contribution is 2.15. The van der Waals surface area contributed by atoms with Gasteiger partial charge in [0.15, 0.2) is 0 Å². The number of hydrogen-bond acceptors (Lipinski definition) is 3. The summed E-state index contributed by atoms with van der Waals surface area (Å²) in [6.07, 6.45) is 1.69. The fourth-order valence-corrected chi connectivity index (χ4v) is 1.10. The van der Waals surface area contributed by atoms with Gasteiger partial charge in [-0.25, -0.2) is 4.98 Å². The number of anilines is 1. The van der Waals surface area contributed by atoms with Crippen LogP contribution in [-0.4, -0.2) is 16.9 Å². The molecule has 0 saturated heterocycles. The van der Waals surface area contributed by atoms with E-state index in [-0.39, 0.29) is 0 Å². The molecule has 0 radical (unpaired) electrons. The lowest BCUT2D eigenvalue weighted by atomic mass is 10.2. The molecule has 0 aliphatic heterocycles. The van der Waals surface area contributed by atoms with Crippen molar-refractivity contribution in [2.24, 2.45) is 0 Å². The molecule has 0 aromatic carbocycles. The topological polar surface area (TPSA) is 42.2 Å². The first kappa shape index (κ1) is 10.3. The minimum Gasteiger partial charge on any atom is -0.383 e. The number of hydrogen-bond donors (Lipinski definition) is 1. The molecule has 0 saturated carbocycles. The van der Waals surface area contributed by atoms with Crippen LogP contribution in [0.15, 0.2) is 28.6 Å². The van der Waals surface area contributed by atoms with Gasteiger partial charge in [0.25, 0.3) is 0 Å². The summed E-state index contributed by atoms with van der Waals surface area (Å²) in [6.45, 7) is 4.58. The predicted molar refractivity (Wildman–Crippen MR) is 63.3 cm³/mol. The van der Waals surface area contributed by atoms with Gasteiger partial charge in [0.2, 0.25) is 0 Å². The number of pyridine rings is 1. The summed E-state index contributed by atoms with van der Waals surface area (Å²) < 4.78 is 0.987. The molecule has 0 unspecified atom stereocenters. The summed E-state index contributed by atoms with van der Waals surface area (Å²) in [4.78, 5) is 6.03. The lowest BCUT2D eigenvalue weighted by molar-refractivity contribution is 0.447. The molecule has 0 aliphatic carbocycles. The fourth-order valence-electron chi connectivity index (χ4n) is 0.926. The zero-order valence-electron chi connectivity index (χ0n) is 7.50. The maximum atomic E-state index is 5.70. The molecule has 1 aromatic heterocycles.